The van der Waals surface area contributed by atoms with Gasteiger partial charge in [0.1, 0.15) is 0 Å². The fourth-order valence-corrected chi connectivity index (χ4v) is 1.87. The van der Waals surface area contributed by atoms with Gasteiger partial charge in [-0.25, -0.2) is 0 Å². The lowest BCUT2D eigenvalue weighted by molar-refractivity contribution is -0.120. The van der Waals surface area contributed by atoms with Gasteiger partial charge in [0.05, 0.1) is 24.1 Å². The second-order valence-corrected chi connectivity index (χ2v) is 4.23. The first-order valence-electron chi connectivity index (χ1n) is 5.94. The van der Waals surface area contributed by atoms with Gasteiger partial charge in [0, 0.05) is 19.1 Å². The first-order chi connectivity index (χ1) is 8.20. The highest BCUT2D eigenvalue weighted by molar-refractivity contribution is 5.82. The number of nitrogens with zero attached hydrogens (tertiary/aromatic N) is 2. The van der Waals surface area contributed by atoms with Crippen molar-refractivity contribution in [3.8, 4) is 0 Å². The number of anilines is 1. The summed E-state index contributed by atoms with van der Waals surface area (Å²) in [5, 5.41) is 2.80. The van der Waals surface area contributed by atoms with Crippen molar-refractivity contribution in [3.63, 3.8) is 0 Å². The topological polar surface area (TPSA) is 71.2 Å². The van der Waals surface area contributed by atoms with Gasteiger partial charge in [-0.15, -0.1) is 0 Å². The molecule has 5 nitrogen and oxygen atoms in total. The largest absolute Gasteiger partial charge is 0.359 e. The maximum atomic E-state index is 11.3. The zero-order valence-electron chi connectivity index (χ0n) is 10.0. The number of rotatable bonds is 3. The molecule has 1 aromatic rings. The summed E-state index contributed by atoms with van der Waals surface area (Å²) >= 11 is 0. The van der Waals surface area contributed by atoms with Crippen molar-refractivity contribution < 1.29 is 4.79 Å². The van der Waals surface area contributed by atoms with E-state index in [0.717, 1.165) is 24.3 Å². The molecule has 2 rings (SSSR count). The lowest BCUT2D eigenvalue weighted by Gasteiger charge is -2.28. The Morgan fingerprint density at radius 1 is 1.59 bits per heavy atom. The van der Waals surface area contributed by atoms with E-state index in [0.29, 0.717) is 13.1 Å². The Morgan fingerprint density at radius 3 is 3.00 bits per heavy atom. The molecular formula is C12H18N4O. The van der Waals surface area contributed by atoms with E-state index in [4.69, 9.17) is 5.73 Å². The van der Waals surface area contributed by atoms with E-state index in [1.807, 2.05) is 24.0 Å². The third kappa shape index (κ3) is 2.74. The van der Waals surface area contributed by atoms with Crippen LogP contribution in [0.3, 0.4) is 0 Å². The molecule has 5 heteroatoms. The second kappa shape index (κ2) is 5.14. The SMILES string of the molecule is CCC(N)c1ccc(N2CCNC(=O)C2)cn1. The van der Waals surface area contributed by atoms with E-state index >= 15 is 0 Å². The van der Waals surface area contributed by atoms with Gasteiger partial charge in [0.15, 0.2) is 0 Å². The molecule has 0 saturated carbocycles. The molecule has 1 aliphatic heterocycles. The summed E-state index contributed by atoms with van der Waals surface area (Å²) in [7, 11) is 0. The zero-order valence-corrected chi connectivity index (χ0v) is 10.0. The number of hydrogen-bond donors (Lipinski definition) is 2. The van der Waals surface area contributed by atoms with Crippen LogP contribution in [0.1, 0.15) is 25.1 Å². The molecule has 0 bridgehead atoms. The van der Waals surface area contributed by atoms with Crippen molar-refractivity contribution in [2.45, 2.75) is 19.4 Å². The molecule has 1 fully saturated rings. The molecule has 1 saturated heterocycles. The molecule has 0 aliphatic carbocycles. The van der Waals surface area contributed by atoms with Gasteiger partial charge in [-0.05, 0) is 18.6 Å². The molecule has 1 unspecified atom stereocenters. The Morgan fingerprint density at radius 2 is 2.41 bits per heavy atom. The zero-order chi connectivity index (χ0) is 12.3. The van der Waals surface area contributed by atoms with Crippen LogP contribution in [0.4, 0.5) is 5.69 Å². The van der Waals surface area contributed by atoms with Crippen molar-refractivity contribution >= 4 is 11.6 Å². The van der Waals surface area contributed by atoms with Crippen LogP contribution in [0.2, 0.25) is 0 Å². The van der Waals surface area contributed by atoms with E-state index in [9.17, 15) is 4.79 Å². The number of amides is 1. The number of carbonyl (C=O) groups is 1. The predicted molar refractivity (Wildman–Crippen MR) is 66.7 cm³/mol. The number of nitrogens with two attached hydrogens (primary N) is 1. The maximum absolute atomic E-state index is 11.3. The van der Waals surface area contributed by atoms with Gasteiger partial charge < -0.3 is 16.0 Å². The molecule has 1 amide bonds. The van der Waals surface area contributed by atoms with Crippen LogP contribution in [0, 0.1) is 0 Å². The van der Waals surface area contributed by atoms with E-state index in [1.165, 1.54) is 0 Å². The molecule has 17 heavy (non-hydrogen) atoms. The van der Waals surface area contributed by atoms with Crippen molar-refractivity contribution in [1.29, 1.82) is 0 Å². The Kier molecular flexibility index (Phi) is 3.58. The normalized spacial score (nSPS) is 17.8. The van der Waals surface area contributed by atoms with Crippen molar-refractivity contribution in [2.75, 3.05) is 24.5 Å². The summed E-state index contributed by atoms with van der Waals surface area (Å²) in [6, 6.07) is 3.92. The molecule has 0 radical (unpaired) electrons. The number of carbonyl (C=O) groups excluding carboxylic acids is 1. The van der Waals surface area contributed by atoms with E-state index in [1.54, 1.807) is 6.20 Å². The highest BCUT2D eigenvalue weighted by Gasteiger charge is 2.16. The number of nitrogens with one attached hydrogen (secondary N) is 1. The lowest BCUT2D eigenvalue weighted by atomic mass is 10.1. The lowest BCUT2D eigenvalue weighted by Crippen LogP contribution is -2.47. The van der Waals surface area contributed by atoms with E-state index in [2.05, 4.69) is 10.3 Å². The van der Waals surface area contributed by atoms with Gasteiger partial charge in [-0.3, -0.25) is 9.78 Å². The first-order valence-corrected chi connectivity index (χ1v) is 5.94. The van der Waals surface area contributed by atoms with Crippen LogP contribution < -0.4 is 16.0 Å². The van der Waals surface area contributed by atoms with Crippen molar-refractivity contribution in [3.05, 3.63) is 24.0 Å². The molecule has 0 aromatic carbocycles. The molecule has 2 heterocycles. The fraction of sp³-hybridized carbons (Fsp3) is 0.500. The van der Waals surface area contributed by atoms with Gasteiger partial charge >= 0.3 is 0 Å². The molecule has 3 N–H and O–H groups in total. The Bertz CT molecular complexity index is 390. The van der Waals surface area contributed by atoms with Gasteiger partial charge in [0.25, 0.3) is 0 Å². The number of hydrogen-bond acceptors (Lipinski definition) is 4. The molecule has 92 valence electrons. The quantitative estimate of drug-likeness (QED) is 0.795. The minimum atomic E-state index is -0.00583. The van der Waals surface area contributed by atoms with Crippen LogP contribution in [0.15, 0.2) is 18.3 Å². The minimum absolute atomic E-state index is 0.00583. The summed E-state index contributed by atoms with van der Waals surface area (Å²) in [5.74, 6) is 0.0607. The average molecular weight is 234 g/mol. The summed E-state index contributed by atoms with van der Waals surface area (Å²) in [6.45, 7) is 3.96. The molecule has 0 spiro atoms. The average Bonchev–Trinajstić information content (AvgIpc) is 2.38. The van der Waals surface area contributed by atoms with E-state index in [-0.39, 0.29) is 11.9 Å². The maximum Gasteiger partial charge on any atom is 0.239 e. The summed E-state index contributed by atoms with van der Waals surface area (Å²) in [5.41, 5.74) is 7.78. The summed E-state index contributed by atoms with van der Waals surface area (Å²) < 4.78 is 0. The Hall–Kier alpha value is -1.62. The fourth-order valence-electron chi connectivity index (χ4n) is 1.87. The Balaban J connectivity index is 2.09. The highest BCUT2D eigenvalue weighted by Crippen LogP contribution is 2.17. The number of pyridine rings is 1. The minimum Gasteiger partial charge on any atom is -0.359 e. The van der Waals surface area contributed by atoms with Crippen LogP contribution in [0.5, 0.6) is 0 Å². The van der Waals surface area contributed by atoms with Gasteiger partial charge in [0.2, 0.25) is 5.91 Å². The van der Waals surface area contributed by atoms with E-state index < -0.39 is 0 Å². The summed E-state index contributed by atoms with van der Waals surface area (Å²) in [6.07, 6.45) is 2.67. The first kappa shape index (κ1) is 11.9. The number of aromatic nitrogens is 1. The standard InChI is InChI=1S/C12H18N4O/c1-2-10(13)11-4-3-9(7-15-11)16-6-5-14-12(17)8-16/h3-4,7,10H,2,5-6,8,13H2,1H3,(H,14,17). The predicted octanol–water partition coefficient (Wildman–Crippen LogP) is 0.428. The molecule has 1 aromatic heterocycles. The third-order valence-electron chi connectivity index (χ3n) is 2.99. The molecule has 1 atom stereocenters. The Labute approximate surface area is 101 Å². The van der Waals surface area contributed by atoms with Crippen LogP contribution in [-0.4, -0.2) is 30.5 Å². The van der Waals surface area contributed by atoms with Crippen molar-refractivity contribution in [1.82, 2.24) is 10.3 Å². The van der Waals surface area contributed by atoms with Gasteiger partial charge in [-0.2, -0.15) is 0 Å². The molecular weight excluding hydrogens is 216 g/mol. The van der Waals surface area contributed by atoms with Crippen LogP contribution in [-0.2, 0) is 4.79 Å². The second-order valence-electron chi connectivity index (χ2n) is 4.23. The smallest absolute Gasteiger partial charge is 0.239 e. The summed E-state index contributed by atoms with van der Waals surface area (Å²) in [4.78, 5) is 17.6. The van der Waals surface area contributed by atoms with Crippen LogP contribution >= 0.6 is 0 Å². The molecule has 1 aliphatic rings. The monoisotopic (exact) mass is 234 g/mol. The number of piperazine rings is 1. The highest BCUT2D eigenvalue weighted by atomic mass is 16.2. The van der Waals surface area contributed by atoms with Gasteiger partial charge in [-0.1, -0.05) is 6.92 Å². The van der Waals surface area contributed by atoms with Crippen molar-refractivity contribution in [2.24, 2.45) is 5.73 Å². The third-order valence-corrected chi connectivity index (χ3v) is 2.99. The van der Waals surface area contributed by atoms with Crippen LogP contribution in [0.25, 0.3) is 0 Å².